The van der Waals surface area contributed by atoms with Crippen LogP contribution >= 0.6 is 0 Å². The summed E-state index contributed by atoms with van der Waals surface area (Å²) >= 11 is 0. The van der Waals surface area contributed by atoms with Crippen LogP contribution in [-0.2, 0) is 18.7 Å². The first-order valence-electron chi connectivity index (χ1n) is 10.4. The van der Waals surface area contributed by atoms with Crippen molar-refractivity contribution in [2.45, 2.75) is 44.9 Å². The van der Waals surface area contributed by atoms with E-state index in [4.69, 9.17) is 12.8 Å². The molecule has 1 N–H and O–H groups in total. The first-order valence-corrected chi connectivity index (χ1v) is 10.4. The number of benzene rings is 1. The molecule has 1 unspecified atom stereocenters. The zero-order valence-electron chi connectivity index (χ0n) is 16.8. The van der Waals surface area contributed by atoms with E-state index in [1.807, 2.05) is 19.1 Å². The van der Waals surface area contributed by atoms with Crippen molar-refractivity contribution in [2.75, 3.05) is 0 Å². The molecule has 3 aromatic heterocycles. The SMILES string of the molecule is [B]c1ccc2cc(-c3nc4cc(C=O)cc5c4n3CCC5(C)O)n(CC3CC3)c2n1. The van der Waals surface area contributed by atoms with Crippen LogP contribution in [0.15, 0.2) is 30.3 Å². The predicted molar refractivity (Wildman–Crippen MR) is 116 cm³/mol. The van der Waals surface area contributed by atoms with Crippen LogP contribution in [0.3, 0.4) is 0 Å². The molecule has 7 heteroatoms. The molecule has 1 aromatic carbocycles. The number of rotatable bonds is 4. The summed E-state index contributed by atoms with van der Waals surface area (Å²) in [5.41, 5.74) is 4.35. The van der Waals surface area contributed by atoms with Gasteiger partial charge < -0.3 is 14.2 Å². The van der Waals surface area contributed by atoms with Gasteiger partial charge in [-0.2, -0.15) is 0 Å². The molecule has 1 aliphatic heterocycles. The molecule has 0 saturated heterocycles. The van der Waals surface area contributed by atoms with Crippen molar-refractivity contribution in [3.63, 3.8) is 0 Å². The first-order chi connectivity index (χ1) is 14.4. The number of hydrogen-bond acceptors (Lipinski definition) is 4. The third-order valence-electron chi connectivity index (χ3n) is 6.53. The van der Waals surface area contributed by atoms with E-state index >= 15 is 0 Å². The van der Waals surface area contributed by atoms with Crippen molar-refractivity contribution in [1.29, 1.82) is 0 Å². The quantitative estimate of drug-likeness (QED) is 0.425. The molecular formula is C23H21BN4O2. The monoisotopic (exact) mass is 396 g/mol. The second-order valence-corrected chi connectivity index (χ2v) is 8.90. The maximum Gasteiger partial charge on any atom is 0.157 e. The molecular weight excluding hydrogens is 375 g/mol. The van der Waals surface area contributed by atoms with Crippen LogP contribution in [0.25, 0.3) is 33.6 Å². The Bertz CT molecular complexity index is 1350. The van der Waals surface area contributed by atoms with Gasteiger partial charge in [0, 0.05) is 29.6 Å². The third-order valence-corrected chi connectivity index (χ3v) is 6.53. The van der Waals surface area contributed by atoms with E-state index in [1.165, 1.54) is 12.8 Å². The van der Waals surface area contributed by atoms with Gasteiger partial charge in [-0.25, -0.2) is 9.97 Å². The molecule has 2 aliphatic rings. The van der Waals surface area contributed by atoms with Crippen molar-refractivity contribution in [3.05, 3.63) is 41.5 Å². The lowest BCUT2D eigenvalue weighted by molar-refractivity contribution is 0.0399. The fourth-order valence-electron chi connectivity index (χ4n) is 4.72. The molecule has 1 aliphatic carbocycles. The zero-order chi connectivity index (χ0) is 20.6. The second kappa shape index (κ2) is 6.05. The van der Waals surface area contributed by atoms with E-state index in [0.29, 0.717) is 30.0 Å². The smallest absolute Gasteiger partial charge is 0.157 e. The van der Waals surface area contributed by atoms with Crippen LogP contribution in [-0.4, -0.2) is 38.3 Å². The number of aromatic nitrogens is 4. The summed E-state index contributed by atoms with van der Waals surface area (Å²) < 4.78 is 4.42. The van der Waals surface area contributed by atoms with Gasteiger partial charge in [-0.15, -0.1) is 0 Å². The molecule has 6 rings (SSSR count). The van der Waals surface area contributed by atoms with Crippen LogP contribution in [0, 0.1) is 5.92 Å². The van der Waals surface area contributed by atoms with E-state index in [1.54, 1.807) is 12.1 Å². The van der Waals surface area contributed by atoms with Crippen LogP contribution in [0.5, 0.6) is 0 Å². The molecule has 0 amide bonds. The lowest BCUT2D eigenvalue weighted by Crippen LogP contribution is -2.28. The molecule has 1 fully saturated rings. The minimum atomic E-state index is -0.985. The van der Waals surface area contributed by atoms with Gasteiger partial charge in [0.05, 0.1) is 22.3 Å². The van der Waals surface area contributed by atoms with Gasteiger partial charge in [0.1, 0.15) is 19.8 Å². The fourth-order valence-corrected chi connectivity index (χ4v) is 4.72. The van der Waals surface area contributed by atoms with Crippen molar-refractivity contribution < 1.29 is 9.90 Å². The average molecular weight is 396 g/mol. The zero-order valence-corrected chi connectivity index (χ0v) is 16.8. The molecule has 148 valence electrons. The number of aryl methyl sites for hydroxylation is 1. The Balaban J connectivity index is 1.66. The second-order valence-electron chi connectivity index (χ2n) is 8.90. The molecule has 30 heavy (non-hydrogen) atoms. The van der Waals surface area contributed by atoms with Gasteiger partial charge in [0.25, 0.3) is 0 Å². The Kier molecular flexibility index (Phi) is 3.61. The number of nitrogens with zero attached hydrogens (tertiary/aromatic N) is 4. The van der Waals surface area contributed by atoms with Crippen LogP contribution < -0.4 is 5.59 Å². The lowest BCUT2D eigenvalue weighted by atomic mass is 9.87. The van der Waals surface area contributed by atoms with Gasteiger partial charge in [0.2, 0.25) is 0 Å². The van der Waals surface area contributed by atoms with E-state index in [0.717, 1.165) is 52.0 Å². The Labute approximate surface area is 175 Å². The van der Waals surface area contributed by atoms with E-state index in [2.05, 4.69) is 20.2 Å². The number of carbonyl (C=O) groups is 1. The van der Waals surface area contributed by atoms with Gasteiger partial charge in [0.15, 0.2) is 5.82 Å². The third kappa shape index (κ3) is 2.58. The summed E-state index contributed by atoms with van der Waals surface area (Å²) in [7, 11) is 5.99. The Morgan fingerprint density at radius 1 is 1.27 bits per heavy atom. The number of hydrogen-bond donors (Lipinski definition) is 1. The highest BCUT2D eigenvalue weighted by Crippen LogP contribution is 2.41. The molecule has 1 saturated carbocycles. The molecule has 6 nitrogen and oxygen atoms in total. The molecule has 0 bridgehead atoms. The predicted octanol–water partition coefficient (Wildman–Crippen LogP) is 2.68. The van der Waals surface area contributed by atoms with Gasteiger partial charge in [-0.3, -0.25) is 4.79 Å². The Morgan fingerprint density at radius 3 is 2.87 bits per heavy atom. The summed E-state index contributed by atoms with van der Waals surface area (Å²) in [6.45, 7) is 3.36. The number of imidazole rings is 1. The largest absolute Gasteiger partial charge is 0.385 e. The number of carbonyl (C=O) groups excluding carboxylic acids is 1. The molecule has 4 heterocycles. The molecule has 0 spiro atoms. The maximum atomic E-state index is 11.5. The van der Waals surface area contributed by atoms with Crippen molar-refractivity contribution in [3.8, 4) is 11.5 Å². The van der Waals surface area contributed by atoms with E-state index in [-0.39, 0.29) is 0 Å². The minimum Gasteiger partial charge on any atom is -0.385 e. The number of pyridine rings is 1. The number of aliphatic hydroxyl groups is 1. The Morgan fingerprint density at radius 2 is 2.10 bits per heavy atom. The maximum absolute atomic E-state index is 11.5. The van der Waals surface area contributed by atoms with Crippen LogP contribution in [0.1, 0.15) is 42.1 Å². The minimum absolute atomic E-state index is 0.507. The topological polar surface area (TPSA) is 72.9 Å². The summed E-state index contributed by atoms with van der Waals surface area (Å²) in [5.74, 6) is 1.51. The lowest BCUT2D eigenvalue weighted by Gasteiger charge is -2.30. The summed E-state index contributed by atoms with van der Waals surface area (Å²) in [5, 5.41) is 12.0. The van der Waals surface area contributed by atoms with E-state index < -0.39 is 5.60 Å². The van der Waals surface area contributed by atoms with Gasteiger partial charge >= 0.3 is 0 Å². The number of fused-ring (bicyclic) bond motifs is 1. The highest BCUT2D eigenvalue weighted by Gasteiger charge is 2.34. The van der Waals surface area contributed by atoms with E-state index in [9.17, 15) is 9.90 Å². The van der Waals surface area contributed by atoms with Crippen LogP contribution in [0.4, 0.5) is 0 Å². The van der Waals surface area contributed by atoms with Gasteiger partial charge in [-0.05, 0) is 55.9 Å². The standard InChI is InChI=1S/C23H21BN4O2/c1-23(30)6-7-27-20-16(23)8-14(12-29)9-17(20)25-22(27)18-10-15-4-5-19(24)26-21(15)28(18)11-13-2-3-13/h4-5,8-10,12-13,30H,2-3,6-7,11H2,1H3. The summed E-state index contributed by atoms with van der Waals surface area (Å²) in [6.07, 6.45) is 3.84. The van der Waals surface area contributed by atoms with Crippen molar-refractivity contribution in [2.24, 2.45) is 5.92 Å². The fraction of sp³-hybridized carbons (Fsp3) is 0.348. The van der Waals surface area contributed by atoms with Crippen molar-refractivity contribution in [1.82, 2.24) is 19.1 Å². The highest BCUT2D eigenvalue weighted by atomic mass is 16.3. The average Bonchev–Trinajstić information content (AvgIpc) is 3.37. The molecule has 4 aromatic rings. The molecule has 1 atom stereocenters. The molecule has 2 radical (unpaired) electrons. The van der Waals surface area contributed by atoms with Crippen LogP contribution in [0.2, 0.25) is 0 Å². The summed E-state index contributed by atoms with van der Waals surface area (Å²) in [6, 6.07) is 9.55. The number of aldehydes is 1. The van der Waals surface area contributed by atoms with Gasteiger partial charge in [-0.1, -0.05) is 12.1 Å². The Hall–Kier alpha value is -2.93. The van der Waals surface area contributed by atoms with Crippen molar-refractivity contribution >= 4 is 41.8 Å². The first kappa shape index (κ1) is 17.9. The normalized spacial score (nSPS) is 20.9. The highest BCUT2D eigenvalue weighted by molar-refractivity contribution is 6.31. The summed E-state index contributed by atoms with van der Waals surface area (Å²) in [4.78, 5) is 21.1.